The van der Waals surface area contributed by atoms with Gasteiger partial charge in [0.2, 0.25) is 0 Å². The van der Waals surface area contributed by atoms with E-state index in [0.717, 1.165) is 5.52 Å². The van der Waals surface area contributed by atoms with E-state index in [0.29, 0.717) is 6.67 Å². The Hall–Kier alpha value is -1.97. The van der Waals surface area contributed by atoms with Crippen LogP contribution in [0.5, 0.6) is 0 Å². The summed E-state index contributed by atoms with van der Waals surface area (Å²) in [5.74, 6) is 0. The molecule has 0 unspecified atom stereocenters. The van der Waals surface area contributed by atoms with Gasteiger partial charge in [-0.1, -0.05) is 18.2 Å². The lowest BCUT2D eigenvalue weighted by molar-refractivity contribution is 0.215. The Kier molecular flexibility index (Phi) is 2.81. The number of carbonyl (C=O) groups excluding carboxylic acids is 1. The maximum absolute atomic E-state index is 11.4. The van der Waals surface area contributed by atoms with E-state index in [9.17, 15) is 4.79 Å². The Morgan fingerprint density at radius 3 is 2.81 bits per heavy atom. The molecule has 2 amide bonds. The molecule has 1 heterocycles. The third-order valence-electron chi connectivity index (χ3n) is 2.49. The summed E-state index contributed by atoms with van der Waals surface area (Å²) in [6.07, 6.45) is 1.97. The third-order valence-corrected chi connectivity index (χ3v) is 2.49. The van der Waals surface area contributed by atoms with Gasteiger partial charge in [-0.05, 0) is 17.5 Å². The van der Waals surface area contributed by atoms with Gasteiger partial charge >= 0.3 is 6.03 Å². The van der Waals surface area contributed by atoms with Gasteiger partial charge in [0.1, 0.15) is 0 Å². The molecule has 0 saturated heterocycles. The third kappa shape index (κ3) is 2.00. The lowest BCUT2D eigenvalue weighted by atomic mass is 10.2. The van der Waals surface area contributed by atoms with Gasteiger partial charge in [0.25, 0.3) is 0 Å². The number of rotatable bonds is 2. The second-order valence-electron chi connectivity index (χ2n) is 3.88. The summed E-state index contributed by atoms with van der Waals surface area (Å²) in [5, 5.41) is 4.01. The van der Waals surface area contributed by atoms with Gasteiger partial charge < -0.3 is 14.8 Å². The molecule has 1 aromatic heterocycles. The average Bonchev–Trinajstić information content (AvgIpc) is 2.69. The standard InChI is InChI=1S/C12H15N3O/c1-14(2)12(16)13-9-15-8-7-10-5-3-4-6-11(10)15/h3-8H,9H2,1-2H3,(H,13,16). The van der Waals surface area contributed by atoms with Crippen molar-refractivity contribution in [3.05, 3.63) is 36.5 Å². The van der Waals surface area contributed by atoms with Gasteiger partial charge in [-0.15, -0.1) is 0 Å². The van der Waals surface area contributed by atoms with Crippen LogP contribution in [0.2, 0.25) is 0 Å². The Labute approximate surface area is 94.5 Å². The van der Waals surface area contributed by atoms with Crippen LogP contribution in [0, 0.1) is 0 Å². The second kappa shape index (κ2) is 4.26. The molecule has 2 aromatic rings. The van der Waals surface area contributed by atoms with Crippen LogP contribution >= 0.6 is 0 Å². The topological polar surface area (TPSA) is 37.3 Å². The van der Waals surface area contributed by atoms with Gasteiger partial charge in [0.15, 0.2) is 0 Å². The molecule has 0 saturated carbocycles. The van der Waals surface area contributed by atoms with Crippen LogP contribution in [0.15, 0.2) is 36.5 Å². The van der Waals surface area contributed by atoms with Crippen molar-refractivity contribution >= 4 is 16.9 Å². The molecule has 0 spiro atoms. The van der Waals surface area contributed by atoms with E-state index in [1.165, 1.54) is 10.3 Å². The first-order chi connectivity index (χ1) is 7.68. The van der Waals surface area contributed by atoms with Gasteiger partial charge in [0, 0.05) is 25.8 Å². The molecule has 2 rings (SSSR count). The smallest absolute Gasteiger partial charge is 0.318 e. The Morgan fingerprint density at radius 2 is 2.06 bits per heavy atom. The van der Waals surface area contributed by atoms with Crippen molar-refractivity contribution in [2.75, 3.05) is 14.1 Å². The number of amides is 2. The van der Waals surface area contributed by atoms with Gasteiger partial charge in [-0.3, -0.25) is 0 Å². The maximum Gasteiger partial charge on any atom is 0.318 e. The summed E-state index contributed by atoms with van der Waals surface area (Å²) in [5.41, 5.74) is 1.13. The number of hydrogen-bond acceptors (Lipinski definition) is 1. The van der Waals surface area contributed by atoms with E-state index in [1.807, 2.05) is 35.0 Å². The molecule has 0 aliphatic carbocycles. The lowest BCUT2D eigenvalue weighted by Crippen LogP contribution is -2.35. The van der Waals surface area contributed by atoms with Crippen molar-refractivity contribution in [2.24, 2.45) is 0 Å². The fourth-order valence-corrected chi connectivity index (χ4v) is 1.59. The van der Waals surface area contributed by atoms with Gasteiger partial charge in [-0.25, -0.2) is 4.79 Å². The maximum atomic E-state index is 11.4. The monoisotopic (exact) mass is 217 g/mol. The van der Waals surface area contributed by atoms with Crippen molar-refractivity contribution in [3.63, 3.8) is 0 Å². The number of benzene rings is 1. The number of aromatic nitrogens is 1. The fraction of sp³-hybridized carbons (Fsp3) is 0.250. The molecule has 0 aliphatic rings. The van der Waals surface area contributed by atoms with E-state index in [-0.39, 0.29) is 6.03 Å². The predicted octanol–water partition coefficient (Wildman–Crippen LogP) is 1.87. The van der Waals surface area contributed by atoms with E-state index in [2.05, 4.69) is 11.4 Å². The van der Waals surface area contributed by atoms with Crippen LogP contribution < -0.4 is 5.32 Å². The van der Waals surface area contributed by atoms with Crippen molar-refractivity contribution in [1.82, 2.24) is 14.8 Å². The van der Waals surface area contributed by atoms with E-state index >= 15 is 0 Å². The van der Waals surface area contributed by atoms with Crippen molar-refractivity contribution < 1.29 is 4.79 Å². The Morgan fingerprint density at radius 1 is 1.31 bits per heavy atom. The minimum Gasteiger partial charge on any atom is -0.331 e. The Balaban J connectivity index is 2.13. The number of urea groups is 1. The van der Waals surface area contributed by atoms with Gasteiger partial charge in [0.05, 0.1) is 6.67 Å². The van der Waals surface area contributed by atoms with Crippen LogP contribution in [0.3, 0.4) is 0 Å². The highest BCUT2D eigenvalue weighted by Crippen LogP contribution is 2.14. The number of hydrogen-bond donors (Lipinski definition) is 1. The molecule has 0 radical (unpaired) electrons. The first-order valence-corrected chi connectivity index (χ1v) is 5.17. The van der Waals surface area contributed by atoms with Crippen LogP contribution in [0.1, 0.15) is 0 Å². The summed E-state index contributed by atoms with van der Waals surface area (Å²) in [4.78, 5) is 12.9. The Bertz CT molecular complexity index is 502. The zero-order valence-corrected chi connectivity index (χ0v) is 9.47. The van der Waals surface area contributed by atoms with E-state index < -0.39 is 0 Å². The quantitative estimate of drug-likeness (QED) is 0.819. The zero-order valence-electron chi connectivity index (χ0n) is 9.47. The molecular weight excluding hydrogens is 202 g/mol. The second-order valence-corrected chi connectivity index (χ2v) is 3.88. The first kappa shape index (κ1) is 10.5. The van der Waals surface area contributed by atoms with Gasteiger partial charge in [-0.2, -0.15) is 0 Å². The molecular formula is C12H15N3O. The summed E-state index contributed by atoms with van der Waals surface area (Å²) in [6.45, 7) is 0.491. The molecule has 4 heteroatoms. The summed E-state index contributed by atoms with van der Waals surface area (Å²) in [7, 11) is 3.45. The van der Waals surface area contributed by atoms with Crippen LogP contribution in [0.4, 0.5) is 4.79 Å². The van der Waals surface area contributed by atoms with Crippen molar-refractivity contribution in [3.8, 4) is 0 Å². The highest BCUT2D eigenvalue weighted by molar-refractivity contribution is 5.80. The summed E-state index contributed by atoms with van der Waals surface area (Å²) >= 11 is 0. The van der Waals surface area contributed by atoms with Crippen LogP contribution in [0.25, 0.3) is 10.9 Å². The molecule has 16 heavy (non-hydrogen) atoms. The predicted molar refractivity (Wildman–Crippen MR) is 64.2 cm³/mol. The lowest BCUT2D eigenvalue weighted by Gasteiger charge is -2.13. The molecule has 84 valence electrons. The van der Waals surface area contributed by atoms with Crippen LogP contribution in [-0.2, 0) is 6.67 Å². The minimum absolute atomic E-state index is 0.0854. The van der Waals surface area contributed by atoms with Crippen molar-refractivity contribution in [1.29, 1.82) is 0 Å². The number of fused-ring (bicyclic) bond motifs is 1. The van der Waals surface area contributed by atoms with Crippen LogP contribution in [-0.4, -0.2) is 29.6 Å². The average molecular weight is 217 g/mol. The highest BCUT2D eigenvalue weighted by Gasteiger charge is 2.03. The normalized spacial score (nSPS) is 10.4. The molecule has 1 N–H and O–H groups in total. The van der Waals surface area contributed by atoms with Crippen molar-refractivity contribution in [2.45, 2.75) is 6.67 Å². The largest absolute Gasteiger partial charge is 0.331 e. The number of carbonyl (C=O) groups is 1. The SMILES string of the molecule is CN(C)C(=O)NCn1ccc2ccccc21. The van der Waals surface area contributed by atoms with E-state index in [4.69, 9.17) is 0 Å². The van der Waals surface area contributed by atoms with E-state index in [1.54, 1.807) is 14.1 Å². The number of para-hydroxylation sites is 1. The summed E-state index contributed by atoms with van der Waals surface area (Å²) < 4.78 is 2.01. The molecule has 4 nitrogen and oxygen atoms in total. The molecule has 0 atom stereocenters. The molecule has 0 fully saturated rings. The highest BCUT2D eigenvalue weighted by atomic mass is 16.2. The fourth-order valence-electron chi connectivity index (χ4n) is 1.59. The molecule has 0 aliphatic heterocycles. The summed E-state index contributed by atoms with van der Waals surface area (Å²) in [6, 6.07) is 10.0. The zero-order chi connectivity index (χ0) is 11.5. The molecule has 0 bridgehead atoms. The first-order valence-electron chi connectivity index (χ1n) is 5.17. The molecule has 1 aromatic carbocycles. The minimum atomic E-state index is -0.0854. The number of nitrogens with one attached hydrogen (secondary N) is 1. The number of nitrogens with zero attached hydrogens (tertiary/aromatic N) is 2.